The van der Waals surface area contributed by atoms with E-state index >= 15 is 0 Å². The molecule has 1 aromatic heterocycles. The predicted octanol–water partition coefficient (Wildman–Crippen LogP) is 3.81. The van der Waals surface area contributed by atoms with Crippen LogP contribution >= 0.6 is 11.6 Å². The zero-order valence-electron chi connectivity index (χ0n) is 15.8. The molecule has 0 aliphatic rings. The molecule has 0 bridgehead atoms. The van der Waals surface area contributed by atoms with E-state index in [1.54, 1.807) is 0 Å². The minimum atomic E-state index is -3.95. The normalized spacial score (nSPS) is 11.7. The summed E-state index contributed by atoms with van der Waals surface area (Å²) in [6.45, 7) is 0.0493. The van der Waals surface area contributed by atoms with E-state index in [2.05, 4.69) is 0 Å². The van der Waals surface area contributed by atoms with Crippen LogP contribution in [0.4, 0.5) is 0 Å². The summed E-state index contributed by atoms with van der Waals surface area (Å²) in [5.41, 5.74) is 3.04. The largest absolute Gasteiger partial charge is 0.320 e. The number of sulfonamides is 1. The van der Waals surface area contributed by atoms with Gasteiger partial charge in [0.2, 0.25) is 10.0 Å². The Kier molecular flexibility index (Phi) is 5.42. The van der Waals surface area contributed by atoms with Crippen molar-refractivity contribution in [2.45, 2.75) is 17.9 Å². The predicted molar refractivity (Wildman–Crippen MR) is 116 cm³/mol. The average Bonchev–Trinajstić information content (AvgIpc) is 3.04. The number of benzene rings is 3. The van der Waals surface area contributed by atoms with Crippen LogP contribution in [0.25, 0.3) is 11.0 Å². The Hall–Kier alpha value is -3.00. The van der Waals surface area contributed by atoms with Gasteiger partial charge >= 0.3 is 0 Å². The molecule has 0 unspecified atom stereocenters. The molecule has 6 nitrogen and oxygen atoms in total. The van der Waals surface area contributed by atoms with E-state index in [0.29, 0.717) is 12.0 Å². The van der Waals surface area contributed by atoms with Crippen LogP contribution in [0.1, 0.15) is 21.7 Å². The SMILES string of the molecule is NS(=O)(=O)c1ccc(C(=O)Cn2c(Cc3ccccc3)nc3ccccc32)cc1Cl. The number of primary sulfonamides is 1. The molecule has 152 valence electrons. The van der Waals surface area contributed by atoms with Gasteiger partial charge < -0.3 is 4.57 Å². The van der Waals surface area contributed by atoms with E-state index in [9.17, 15) is 13.2 Å². The molecular formula is C22H18ClN3O3S. The fraction of sp³-hybridized carbons (Fsp3) is 0.0909. The van der Waals surface area contributed by atoms with Gasteiger partial charge in [0.1, 0.15) is 10.7 Å². The lowest BCUT2D eigenvalue weighted by molar-refractivity contribution is 0.0972. The van der Waals surface area contributed by atoms with Crippen LogP contribution in [-0.2, 0) is 23.0 Å². The molecule has 0 saturated heterocycles. The Balaban J connectivity index is 1.70. The number of carbonyl (C=O) groups excluding carboxylic acids is 1. The highest BCUT2D eigenvalue weighted by molar-refractivity contribution is 7.89. The molecule has 1 heterocycles. The van der Waals surface area contributed by atoms with Gasteiger partial charge in [0.15, 0.2) is 5.78 Å². The lowest BCUT2D eigenvalue weighted by atomic mass is 10.1. The third-order valence-electron chi connectivity index (χ3n) is 4.80. The minimum absolute atomic E-state index is 0.0493. The second-order valence-corrected chi connectivity index (χ2v) is 8.82. The van der Waals surface area contributed by atoms with Crippen LogP contribution in [0.15, 0.2) is 77.7 Å². The maximum Gasteiger partial charge on any atom is 0.239 e. The van der Waals surface area contributed by atoms with Crippen molar-refractivity contribution in [3.63, 3.8) is 0 Å². The van der Waals surface area contributed by atoms with Crippen molar-refractivity contribution in [3.8, 4) is 0 Å². The fourth-order valence-electron chi connectivity index (χ4n) is 3.36. The second kappa shape index (κ2) is 8.02. The van der Waals surface area contributed by atoms with Crippen molar-refractivity contribution in [2.24, 2.45) is 5.14 Å². The highest BCUT2D eigenvalue weighted by atomic mass is 35.5. The molecule has 0 fully saturated rings. The molecule has 0 atom stereocenters. The Morgan fingerprint density at radius 1 is 1.00 bits per heavy atom. The first-order valence-electron chi connectivity index (χ1n) is 9.16. The number of rotatable bonds is 6. The van der Waals surface area contributed by atoms with Crippen LogP contribution in [0, 0.1) is 0 Å². The van der Waals surface area contributed by atoms with Crippen molar-refractivity contribution >= 4 is 38.4 Å². The number of imidazole rings is 1. The van der Waals surface area contributed by atoms with Crippen LogP contribution in [-0.4, -0.2) is 23.8 Å². The number of carbonyl (C=O) groups is 1. The summed E-state index contributed by atoms with van der Waals surface area (Å²) in [5, 5.41) is 5.06. The van der Waals surface area contributed by atoms with Crippen molar-refractivity contribution in [1.29, 1.82) is 0 Å². The molecular weight excluding hydrogens is 422 g/mol. The lowest BCUT2D eigenvalue weighted by Crippen LogP contribution is -2.15. The van der Waals surface area contributed by atoms with Gasteiger partial charge in [0.25, 0.3) is 0 Å². The minimum Gasteiger partial charge on any atom is -0.320 e. The molecule has 0 aliphatic heterocycles. The summed E-state index contributed by atoms with van der Waals surface area (Å²) in [5.74, 6) is 0.554. The summed E-state index contributed by atoms with van der Waals surface area (Å²) in [6, 6.07) is 21.5. The summed E-state index contributed by atoms with van der Waals surface area (Å²) in [4.78, 5) is 17.5. The molecule has 4 aromatic rings. The Morgan fingerprint density at radius 2 is 1.70 bits per heavy atom. The van der Waals surface area contributed by atoms with Crippen molar-refractivity contribution in [1.82, 2.24) is 9.55 Å². The molecule has 3 aromatic carbocycles. The first-order chi connectivity index (χ1) is 14.3. The van der Waals surface area contributed by atoms with E-state index in [0.717, 1.165) is 22.4 Å². The van der Waals surface area contributed by atoms with E-state index in [-0.39, 0.29) is 22.2 Å². The van der Waals surface area contributed by atoms with E-state index in [4.69, 9.17) is 21.7 Å². The Morgan fingerprint density at radius 3 is 2.40 bits per heavy atom. The number of aromatic nitrogens is 2. The standard InChI is InChI=1S/C22H18ClN3O3S/c23-17-13-16(10-11-21(17)30(24,28)29)20(27)14-26-19-9-5-4-8-18(19)25-22(26)12-15-6-2-1-3-7-15/h1-11,13H,12,14H2,(H2,24,28,29). The topological polar surface area (TPSA) is 95.0 Å². The van der Waals surface area contributed by atoms with Crippen molar-refractivity contribution in [3.05, 3.63) is 94.8 Å². The molecule has 0 spiro atoms. The van der Waals surface area contributed by atoms with Gasteiger partial charge in [-0.05, 0) is 35.9 Å². The van der Waals surface area contributed by atoms with Gasteiger partial charge in [-0.25, -0.2) is 18.5 Å². The molecule has 4 rings (SSSR count). The average molecular weight is 440 g/mol. The zero-order valence-corrected chi connectivity index (χ0v) is 17.4. The molecule has 0 aliphatic carbocycles. The van der Waals surface area contributed by atoms with E-state index in [1.165, 1.54) is 18.2 Å². The molecule has 0 amide bonds. The molecule has 0 saturated carbocycles. The number of fused-ring (bicyclic) bond motifs is 1. The quantitative estimate of drug-likeness (QED) is 0.462. The Labute approximate surface area is 179 Å². The summed E-state index contributed by atoms with van der Waals surface area (Å²) in [6.07, 6.45) is 0.577. The number of ketones is 1. The number of nitrogens with two attached hydrogens (primary N) is 1. The van der Waals surface area contributed by atoms with Crippen LogP contribution < -0.4 is 5.14 Å². The number of hydrogen-bond donors (Lipinski definition) is 1. The summed E-state index contributed by atoms with van der Waals surface area (Å²) in [7, 11) is -3.95. The van der Waals surface area contributed by atoms with Gasteiger partial charge in [0.05, 0.1) is 22.6 Å². The number of nitrogens with zero attached hydrogens (tertiary/aromatic N) is 2. The van der Waals surface area contributed by atoms with E-state index in [1.807, 2.05) is 59.2 Å². The smallest absolute Gasteiger partial charge is 0.239 e. The van der Waals surface area contributed by atoms with Gasteiger partial charge in [0, 0.05) is 12.0 Å². The van der Waals surface area contributed by atoms with Gasteiger partial charge in [-0.1, -0.05) is 54.1 Å². The third kappa shape index (κ3) is 4.14. The van der Waals surface area contributed by atoms with Crippen LogP contribution in [0.3, 0.4) is 0 Å². The maximum absolute atomic E-state index is 13.0. The third-order valence-corrected chi connectivity index (χ3v) is 6.19. The lowest BCUT2D eigenvalue weighted by Gasteiger charge is -2.10. The van der Waals surface area contributed by atoms with Gasteiger partial charge in [-0.15, -0.1) is 0 Å². The van der Waals surface area contributed by atoms with Gasteiger partial charge in [-0.3, -0.25) is 4.79 Å². The van der Waals surface area contributed by atoms with Crippen molar-refractivity contribution < 1.29 is 13.2 Å². The highest BCUT2D eigenvalue weighted by Crippen LogP contribution is 2.23. The number of hydrogen-bond acceptors (Lipinski definition) is 4. The fourth-order valence-corrected chi connectivity index (χ4v) is 4.45. The van der Waals surface area contributed by atoms with Crippen LogP contribution in [0.5, 0.6) is 0 Å². The number of para-hydroxylation sites is 2. The number of halogens is 1. The van der Waals surface area contributed by atoms with Crippen LogP contribution in [0.2, 0.25) is 5.02 Å². The zero-order chi connectivity index (χ0) is 21.3. The monoisotopic (exact) mass is 439 g/mol. The first kappa shape index (κ1) is 20.3. The summed E-state index contributed by atoms with van der Waals surface area (Å²) < 4.78 is 25.0. The summed E-state index contributed by atoms with van der Waals surface area (Å²) >= 11 is 6.04. The molecule has 30 heavy (non-hydrogen) atoms. The van der Waals surface area contributed by atoms with Gasteiger partial charge in [-0.2, -0.15) is 0 Å². The van der Waals surface area contributed by atoms with E-state index < -0.39 is 10.0 Å². The molecule has 0 radical (unpaired) electrons. The molecule has 2 N–H and O–H groups in total. The second-order valence-electron chi connectivity index (χ2n) is 6.88. The number of Topliss-reactive ketones (excluding diaryl/α,β-unsaturated/α-hetero) is 1. The first-order valence-corrected chi connectivity index (χ1v) is 11.1. The van der Waals surface area contributed by atoms with Crippen molar-refractivity contribution in [2.75, 3.05) is 0 Å². The molecule has 8 heteroatoms. The highest BCUT2D eigenvalue weighted by Gasteiger charge is 2.18. The Bertz CT molecular complexity index is 1350. The maximum atomic E-state index is 13.0.